The highest BCUT2D eigenvalue weighted by atomic mass is 32.1. The first-order valence-corrected chi connectivity index (χ1v) is 20.3. The van der Waals surface area contributed by atoms with Gasteiger partial charge in [-0.25, -0.2) is 0 Å². The van der Waals surface area contributed by atoms with E-state index in [1.807, 2.05) is 70.6 Å². The minimum Gasteiger partial charge on any atom is -0.508 e. The number of ketones is 1. The standard InChI is InChI=1S/C22H26N4O2S.C20H19N3O3S.C2H7N/c1-12(2)17-10-18(20(28)11-19(17)27)21-23-24-22(29)26(21)15-6-5-13-7-16(25(3)4)9-14(13)8-15;1-10(2)15-8-16(18(26)9-17(15)25)19-21-22-20(27)23(19)13-4-3-11-6-14(24)7-12(11)5-13;1-3-2/h5-6,8,10-12,16,27-28H,7,9H2,1-4H3,(H,24,29);3-5,8-10,25-26H,6-7H2,1-2H3,(H,22,27);3H,1-2H3. The molecule has 4 aromatic carbocycles. The number of aromatic hydroxyl groups is 4. The van der Waals surface area contributed by atoms with E-state index in [9.17, 15) is 25.2 Å². The Morgan fingerprint density at radius 1 is 0.661 bits per heavy atom. The van der Waals surface area contributed by atoms with Gasteiger partial charge in [-0.05, 0) is 147 Å². The molecular formula is C44H52N8O5S2. The molecule has 0 aliphatic heterocycles. The van der Waals surface area contributed by atoms with Gasteiger partial charge in [-0.2, -0.15) is 10.2 Å². The number of carbonyl (C=O) groups is 1. The largest absolute Gasteiger partial charge is 0.508 e. The first-order valence-electron chi connectivity index (χ1n) is 19.5. The van der Waals surface area contributed by atoms with Crippen LogP contribution in [0.25, 0.3) is 34.2 Å². The maximum absolute atomic E-state index is 11.7. The Morgan fingerprint density at radius 2 is 1.08 bits per heavy atom. The number of hydrogen-bond donors (Lipinski definition) is 7. The van der Waals surface area contributed by atoms with E-state index in [-0.39, 0.29) is 40.6 Å². The SMILES string of the molecule is CC(C)c1cc(-c2n[nH]c(=S)n2-c2ccc3c(c2)CC(=O)C3)c(O)cc1O.CC(C)c1cc(-c2n[nH]c(=S)n2-c2ccc3c(c2)CC(N(C)C)C3)c(O)cc1O.CNC. The van der Waals surface area contributed by atoms with Crippen LogP contribution in [0.3, 0.4) is 0 Å². The van der Waals surface area contributed by atoms with Crippen LogP contribution in [0, 0.1) is 9.54 Å². The summed E-state index contributed by atoms with van der Waals surface area (Å²) >= 11 is 10.9. The normalized spacial score (nSPS) is 14.3. The van der Waals surface area contributed by atoms with Crippen LogP contribution in [0.4, 0.5) is 0 Å². The van der Waals surface area contributed by atoms with E-state index >= 15 is 0 Å². The Bertz CT molecular complexity index is 2640. The maximum atomic E-state index is 11.7. The van der Waals surface area contributed by atoms with Crippen LogP contribution in [0.1, 0.15) is 72.9 Å². The summed E-state index contributed by atoms with van der Waals surface area (Å²) in [7, 11) is 7.98. The second kappa shape index (κ2) is 17.7. The number of aromatic amines is 2. The molecule has 0 saturated heterocycles. The predicted molar refractivity (Wildman–Crippen MR) is 235 cm³/mol. The lowest BCUT2D eigenvalue weighted by Gasteiger charge is -2.17. The van der Waals surface area contributed by atoms with Gasteiger partial charge in [0.15, 0.2) is 21.2 Å². The average Bonchev–Trinajstić information content (AvgIpc) is 3.96. The summed E-state index contributed by atoms with van der Waals surface area (Å²) in [5.74, 6) is 1.37. The molecule has 13 nitrogen and oxygen atoms in total. The van der Waals surface area contributed by atoms with Crippen molar-refractivity contribution in [3.8, 4) is 57.1 Å². The number of likely N-dealkylation sites (N-methyl/N-ethyl adjacent to an activating group) is 1. The minimum atomic E-state index is -0.0801. The van der Waals surface area contributed by atoms with E-state index in [0.29, 0.717) is 56.8 Å². The van der Waals surface area contributed by atoms with Gasteiger partial charge in [-0.15, -0.1) is 0 Å². The molecule has 2 heterocycles. The first kappa shape index (κ1) is 43.0. The molecule has 0 fully saturated rings. The third kappa shape index (κ3) is 8.88. The van der Waals surface area contributed by atoms with Gasteiger partial charge in [0.2, 0.25) is 0 Å². The molecule has 59 heavy (non-hydrogen) atoms. The number of Topliss-reactive ketones (excluding diaryl/α,β-unsaturated/α-hetero) is 1. The molecule has 6 aromatic rings. The summed E-state index contributed by atoms with van der Waals surface area (Å²) in [6.07, 6.45) is 2.93. The zero-order valence-electron chi connectivity index (χ0n) is 34.6. The maximum Gasteiger partial charge on any atom is 0.200 e. The third-order valence-corrected chi connectivity index (χ3v) is 11.2. The molecule has 310 valence electrons. The number of phenols is 4. The quantitative estimate of drug-likeness (QED) is 0.0781. The molecule has 2 aliphatic carbocycles. The Kier molecular flexibility index (Phi) is 12.9. The molecule has 0 saturated carbocycles. The molecule has 0 spiro atoms. The lowest BCUT2D eigenvalue weighted by atomic mass is 9.98. The Hall–Kier alpha value is -5.61. The van der Waals surface area contributed by atoms with E-state index in [0.717, 1.165) is 40.9 Å². The van der Waals surface area contributed by atoms with Crippen LogP contribution in [-0.2, 0) is 30.5 Å². The van der Waals surface area contributed by atoms with Crippen LogP contribution in [0.15, 0.2) is 60.7 Å². The van der Waals surface area contributed by atoms with Gasteiger partial charge >= 0.3 is 0 Å². The lowest BCUT2D eigenvalue weighted by Crippen LogP contribution is -2.27. The molecule has 15 heteroatoms. The second-order valence-electron chi connectivity index (χ2n) is 15.9. The fraction of sp³-hybridized carbons (Fsp3) is 0.341. The number of nitrogens with zero attached hydrogens (tertiary/aromatic N) is 5. The molecule has 1 unspecified atom stereocenters. The fourth-order valence-electron chi connectivity index (χ4n) is 7.57. The van der Waals surface area contributed by atoms with E-state index in [4.69, 9.17) is 24.4 Å². The number of hydrogen-bond acceptors (Lipinski definition) is 11. The van der Waals surface area contributed by atoms with Gasteiger partial charge in [-0.1, -0.05) is 39.8 Å². The van der Waals surface area contributed by atoms with Crippen molar-refractivity contribution in [2.45, 2.75) is 71.3 Å². The van der Waals surface area contributed by atoms with Crippen molar-refractivity contribution >= 4 is 30.2 Å². The van der Waals surface area contributed by atoms with Gasteiger partial charge in [0.1, 0.15) is 28.8 Å². The van der Waals surface area contributed by atoms with Crippen molar-refractivity contribution in [3.63, 3.8) is 0 Å². The zero-order chi connectivity index (χ0) is 42.9. The number of H-pyrrole nitrogens is 2. The van der Waals surface area contributed by atoms with Gasteiger partial charge in [-0.3, -0.25) is 24.1 Å². The van der Waals surface area contributed by atoms with E-state index < -0.39 is 0 Å². The molecule has 0 bridgehead atoms. The van der Waals surface area contributed by atoms with Crippen molar-refractivity contribution in [1.82, 2.24) is 39.7 Å². The Morgan fingerprint density at radius 3 is 1.54 bits per heavy atom. The summed E-state index contributed by atoms with van der Waals surface area (Å²) in [5, 5.41) is 58.3. The topological polar surface area (TPSA) is 180 Å². The number of carbonyl (C=O) groups excluding carboxylic acids is 1. The van der Waals surface area contributed by atoms with Crippen molar-refractivity contribution in [2.75, 3.05) is 28.2 Å². The highest BCUT2D eigenvalue weighted by Crippen LogP contribution is 2.40. The minimum absolute atomic E-state index is 0.0315. The summed E-state index contributed by atoms with van der Waals surface area (Å²) in [4.78, 5) is 14.0. The van der Waals surface area contributed by atoms with Crippen molar-refractivity contribution in [1.29, 1.82) is 0 Å². The molecule has 2 aliphatic rings. The predicted octanol–water partition coefficient (Wildman–Crippen LogP) is 7.80. The average molecular weight is 837 g/mol. The summed E-state index contributed by atoms with van der Waals surface area (Å²) in [6, 6.07) is 18.9. The molecule has 0 amide bonds. The molecule has 8 rings (SSSR count). The van der Waals surface area contributed by atoms with E-state index in [1.54, 1.807) is 16.7 Å². The molecule has 0 radical (unpaired) electrons. The van der Waals surface area contributed by atoms with Gasteiger partial charge in [0.05, 0.1) is 22.5 Å². The molecule has 2 aromatic heterocycles. The monoisotopic (exact) mass is 836 g/mol. The number of rotatable bonds is 7. The van der Waals surface area contributed by atoms with Gasteiger partial charge < -0.3 is 30.6 Å². The van der Waals surface area contributed by atoms with Crippen LogP contribution < -0.4 is 5.32 Å². The Balaban J connectivity index is 0.000000187. The van der Waals surface area contributed by atoms with Crippen LogP contribution in [0.5, 0.6) is 23.0 Å². The molecule has 1 atom stereocenters. The summed E-state index contributed by atoms with van der Waals surface area (Å²) in [5.41, 5.74) is 8.85. The fourth-order valence-corrected chi connectivity index (χ4v) is 8.04. The van der Waals surface area contributed by atoms with Crippen molar-refractivity contribution < 1.29 is 25.2 Å². The number of phenolic OH excluding ortho intramolecular Hbond substituents is 4. The smallest absolute Gasteiger partial charge is 0.200 e. The van der Waals surface area contributed by atoms with Gasteiger partial charge in [0, 0.05) is 31.0 Å². The first-order chi connectivity index (χ1) is 28.0. The van der Waals surface area contributed by atoms with E-state index in [2.05, 4.69) is 56.8 Å². The zero-order valence-corrected chi connectivity index (χ0v) is 36.2. The lowest BCUT2D eigenvalue weighted by molar-refractivity contribution is -0.117. The highest BCUT2D eigenvalue weighted by molar-refractivity contribution is 7.71. The van der Waals surface area contributed by atoms with Gasteiger partial charge in [0.25, 0.3) is 0 Å². The van der Waals surface area contributed by atoms with Crippen LogP contribution >= 0.6 is 24.4 Å². The van der Waals surface area contributed by atoms with Crippen LogP contribution in [0.2, 0.25) is 0 Å². The number of benzene rings is 4. The summed E-state index contributed by atoms with van der Waals surface area (Å²) < 4.78 is 4.41. The van der Waals surface area contributed by atoms with E-state index in [1.165, 1.54) is 23.3 Å². The third-order valence-electron chi connectivity index (χ3n) is 10.7. The van der Waals surface area contributed by atoms with Crippen molar-refractivity contribution in [2.24, 2.45) is 0 Å². The number of nitrogens with one attached hydrogen (secondary N) is 3. The molecular weight excluding hydrogens is 785 g/mol. The number of fused-ring (bicyclic) bond motifs is 2. The summed E-state index contributed by atoms with van der Waals surface area (Å²) in [6.45, 7) is 7.91. The second-order valence-corrected chi connectivity index (χ2v) is 16.6. The van der Waals surface area contributed by atoms with Crippen molar-refractivity contribution in [3.05, 3.63) is 104 Å². The highest BCUT2D eigenvalue weighted by Gasteiger charge is 2.26. The van der Waals surface area contributed by atoms with Crippen LogP contribution in [-0.4, -0.2) is 94.9 Å². The number of aromatic nitrogens is 6. The molecule has 7 N–H and O–H groups in total. The Labute approximate surface area is 354 Å².